The molecular formula is C12H19N5. The van der Waals surface area contributed by atoms with Gasteiger partial charge < -0.3 is 10.2 Å². The molecule has 0 radical (unpaired) electrons. The monoisotopic (exact) mass is 233 g/mol. The van der Waals surface area contributed by atoms with Crippen LogP contribution in [0.15, 0.2) is 29.3 Å². The molecule has 0 heterocycles. The van der Waals surface area contributed by atoms with E-state index in [0.29, 0.717) is 12.0 Å². The molecule has 0 saturated heterocycles. The Morgan fingerprint density at radius 3 is 2.65 bits per heavy atom. The molecule has 17 heavy (non-hydrogen) atoms. The average molecular weight is 233 g/mol. The zero-order chi connectivity index (χ0) is 12.3. The molecule has 5 heteroatoms. The standard InChI is InChI=1S/C12H19N5/c1-17(2)11-6-4-3-5-10(11)15-12(16-13)14-9-7-8-9/h3-6,9H,7-8,13H2,1-2H3,(H2,14,15,16). The van der Waals surface area contributed by atoms with Crippen molar-refractivity contribution >= 4 is 17.3 Å². The van der Waals surface area contributed by atoms with Gasteiger partial charge in [-0.15, -0.1) is 0 Å². The molecule has 0 unspecified atom stereocenters. The van der Waals surface area contributed by atoms with Crippen LogP contribution in [-0.4, -0.2) is 26.1 Å². The number of benzene rings is 1. The first-order chi connectivity index (χ1) is 8.20. The molecule has 92 valence electrons. The van der Waals surface area contributed by atoms with Crippen LogP contribution in [0.5, 0.6) is 0 Å². The van der Waals surface area contributed by atoms with Gasteiger partial charge in [0.05, 0.1) is 17.4 Å². The van der Waals surface area contributed by atoms with E-state index in [4.69, 9.17) is 5.84 Å². The summed E-state index contributed by atoms with van der Waals surface area (Å²) in [6, 6.07) is 8.48. The number of rotatable bonds is 3. The van der Waals surface area contributed by atoms with Gasteiger partial charge in [-0.05, 0) is 25.0 Å². The topological polar surface area (TPSA) is 65.7 Å². The fourth-order valence-electron chi connectivity index (χ4n) is 1.59. The molecule has 1 fully saturated rings. The number of guanidine groups is 1. The molecular weight excluding hydrogens is 214 g/mol. The van der Waals surface area contributed by atoms with Gasteiger partial charge in [-0.2, -0.15) is 0 Å². The number of hydrogen-bond donors (Lipinski definition) is 3. The van der Waals surface area contributed by atoms with E-state index in [-0.39, 0.29) is 0 Å². The van der Waals surface area contributed by atoms with Crippen molar-refractivity contribution in [2.75, 3.05) is 24.3 Å². The summed E-state index contributed by atoms with van der Waals surface area (Å²) in [6.07, 6.45) is 2.31. The number of nitrogens with two attached hydrogens (primary N) is 1. The maximum atomic E-state index is 5.47. The number of aliphatic imine (C=N–C) groups is 1. The summed E-state index contributed by atoms with van der Waals surface area (Å²) >= 11 is 0. The Labute approximate surface area is 102 Å². The molecule has 0 atom stereocenters. The Morgan fingerprint density at radius 1 is 1.35 bits per heavy atom. The quantitative estimate of drug-likeness (QED) is 0.317. The van der Waals surface area contributed by atoms with Crippen LogP contribution in [0, 0.1) is 0 Å². The van der Waals surface area contributed by atoms with Crippen molar-refractivity contribution in [3.8, 4) is 0 Å². The van der Waals surface area contributed by atoms with E-state index in [1.54, 1.807) is 0 Å². The lowest BCUT2D eigenvalue weighted by molar-refractivity contribution is 0.965. The third-order valence-electron chi connectivity index (χ3n) is 2.63. The summed E-state index contributed by atoms with van der Waals surface area (Å²) in [7, 11) is 4.02. The van der Waals surface area contributed by atoms with Crippen molar-refractivity contribution in [1.82, 2.24) is 5.43 Å². The van der Waals surface area contributed by atoms with E-state index in [1.165, 1.54) is 0 Å². The van der Waals surface area contributed by atoms with E-state index in [1.807, 2.05) is 43.3 Å². The smallest absolute Gasteiger partial charge is 0.210 e. The summed E-state index contributed by atoms with van der Waals surface area (Å²) in [5.74, 6) is 6.09. The Morgan fingerprint density at radius 2 is 2.06 bits per heavy atom. The maximum Gasteiger partial charge on any atom is 0.210 e. The van der Waals surface area contributed by atoms with Gasteiger partial charge in [-0.25, -0.2) is 10.8 Å². The second kappa shape index (κ2) is 5.05. The van der Waals surface area contributed by atoms with Gasteiger partial charge in [0.15, 0.2) is 0 Å². The molecule has 1 aliphatic rings. The van der Waals surface area contributed by atoms with Gasteiger partial charge in [0.25, 0.3) is 0 Å². The van der Waals surface area contributed by atoms with Crippen molar-refractivity contribution in [3.05, 3.63) is 24.3 Å². The highest BCUT2D eigenvalue weighted by atomic mass is 15.3. The van der Waals surface area contributed by atoms with Crippen LogP contribution in [0.4, 0.5) is 11.4 Å². The van der Waals surface area contributed by atoms with Crippen molar-refractivity contribution in [2.45, 2.75) is 18.9 Å². The molecule has 0 aromatic heterocycles. The summed E-state index contributed by atoms with van der Waals surface area (Å²) in [5, 5.41) is 3.22. The predicted octanol–water partition coefficient (Wildman–Crippen LogP) is 1.15. The molecule has 1 aliphatic carbocycles. The minimum absolute atomic E-state index is 0.431. The first-order valence-electron chi connectivity index (χ1n) is 5.78. The van der Waals surface area contributed by atoms with E-state index >= 15 is 0 Å². The van der Waals surface area contributed by atoms with Crippen LogP contribution in [0.25, 0.3) is 0 Å². The summed E-state index contributed by atoms with van der Waals surface area (Å²) in [6.45, 7) is 0. The predicted molar refractivity (Wildman–Crippen MR) is 72.2 cm³/mol. The zero-order valence-corrected chi connectivity index (χ0v) is 10.3. The number of nitrogens with zero attached hydrogens (tertiary/aromatic N) is 2. The number of para-hydroxylation sites is 2. The second-order valence-electron chi connectivity index (χ2n) is 4.39. The minimum atomic E-state index is 0.431. The van der Waals surface area contributed by atoms with Crippen LogP contribution in [-0.2, 0) is 0 Å². The highest BCUT2D eigenvalue weighted by Crippen LogP contribution is 2.25. The van der Waals surface area contributed by atoms with Crippen LogP contribution in [0.2, 0.25) is 0 Å². The van der Waals surface area contributed by atoms with E-state index in [2.05, 4.69) is 15.7 Å². The third-order valence-corrected chi connectivity index (χ3v) is 2.63. The van der Waals surface area contributed by atoms with E-state index < -0.39 is 0 Å². The average Bonchev–Trinajstić information content (AvgIpc) is 3.12. The number of anilines is 2. The Balaban J connectivity index is 2.16. The minimum Gasteiger partial charge on any atom is -0.376 e. The van der Waals surface area contributed by atoms with Crippen molar-refractivity contribution in [1.29, 1.82) is 0 Å². The normalized spacial score (nSPS) is 15.6. The van der Waals surface area contributed by atoms with Gasteiger partial charge >= 0.3 is 0 Å². The summed E-state index contributed by atoms with van der Waals surface area (Å²) in [5.41, 5.74) is 4.71. The number of nitrogens with one attached hydrogen (secondary N) is 2. The molecule has 0 spiro atoms. The molecule has 4 N–H and O–H groups in total. The Kier molecular flexibility index (Phi) is 3.49. The van der Waals surface area contributed by atoms with E-state index in [0.717, 1.165) is 24.2 Å². The van der Waals surface area contributed by atoms with Crippen molar-refractivity contribution < 1.29 is 0 Å². The van der Waals surface area contributed by atoms with Crippen LogP contribution in [0.3, 0.4) is 0 Å². The maximum absolute atomic E-state index is 5.47. The van der Waals surface area contributed by atoms with Gasteiger partial charge in [0.2, 0.25) is 5.96 Å². The molecule has 5 nitrogen and oxygen atoms in total. The summed E-state index contributed by atoms with van der Waals surface area (Å²) < 4.78 is 0. The lowest BCUT2D eigenvalue weighted by Crippen LogP contribution is -2.36. The highest BCUT2D eigenvalue weighted by Gasteiger charge is 2.21. The fraction of sp³-hybridized carbons (Fsp3) is 0.417. The number of hydrogen-bond acceptors (Lipinski definition) is 3. The van der Waals surface area contributed by atoms with Crippen molar-refractivity contribution in [2.24, 2.45) is 10.8 Å². The molecule has 0 aliphatic heterocycles. The molecule has 2 rings (SSSR count). The molecule has 0 amide bonds. The third kappa shape index (κ3) is 3.10. The lowest BCUT2D eigenvalue weighted by Gasteiger charge is -2.18. The number of hydrazine groups is 1. The van der Waals surface area contributed by atoms with Gasteiger partial charge in [-0.3, -0.25) is 5.43 Å². The Hall–Kier alpha value is -1.75. The van der Waals surface area contributed by atoms with Crippen LogP contribution < -0.4 is 21.5 Å². The highest BCUT2D eigenvalue weighted by molar-refractivity contribution is 5.96. The Bertz CT molecular complexity index is 409. The summed E-state index contributed by atoms with van der Waals surface area (Å²) in [4.78, 5) is 6.50. The van der Waals surface area contributed by atoms with Crippen molar-refractivity contribution in [3.63, 3.8) is 0 Å². The zero-order valence-electron chi connectivity index (χ0n) is 10.3. The first kappa shape index (κ1) is 11.7. The molecule has 1 saturated carbocycles. The molecule has 1 aromatic carbocycles. The van der Waals surface area contributed by atoms with Crippen LogP contribution >= 0.6 is 0 Å². The van der Waals surface area contributed by atoms with Gasteiger partial charge in [0.1, 0.15) is 0 Å². The second-order valence-corrected chi connectivity index (χ2v) is 4.39. The van der Waals surface area contributed by atoms with Crippen LogP contribution in [0.1, 0.15) is 12.8 Å². The van der Waals surface area contributed by atoms with Gasteiger partial charge in [0, 0.05) is 14.1 Å². The first-order valence-corrected chi connectivity index (χ1v) is 5.78. The SMILES string of the molecule is CN(C)c1ccccc1NC(=NC1CC1)NN. The molecule has 0 bridgehead atoms. The van der Waals surface area contributed by atoms with E-state index in [9.17, 15) is 0 Å². The van der Waals surface area contributed by atoms with Gasteiger partial charge in [-0.1, -0.05) is 12.1 Å². The largest absolute Gasteiger partial charge is 0.376 e. The molecule has 1 aromatic rings. The lowest BCUT2D eigenvalue weighted by atomic mass is 10.2. The fourth-order valence-corrected chi connectivity index (χ4v) is 1.59.